The Bertz CT molecular complexity index is 548. The van der Waals surface area contributed by atoms with Crippen LogP contribution in [0.1, 0.15) is 0 Å². The molecule has 0 radical (unpaired) electrons. The van der Waals surface area contributed by atoms with Gasteiger partial charge in [-0.15, -0.1) is 0 Å². The van der Waals surface area contributed by atoms with Gasteiger partial charge in [-0.25, -0.2) is 0 Å². The molecule has 2 N–H and O–H groups in total. The van der Waals surface area contributed by atoms with Gasteiger partial charge in [-0.2, -0.15) is 0 Å². The number of hydrogen-bond donors (Lipinski definition) is 1. The average Bonchev–Trinajstić information content (AvgIpc) is 2.22. The van der Waals surface area contributed by atoms with Crippen molar-refractivity contribution in [2.24, 2.45) is 0 Å². The Hall–Kier alpha value is -1.74. The molecule has 0 unspecified atom stereocenters. The second-order valence-corrected chi connectivity index (χ2v) is 3.55. The second-order valence-electron chi connectivity index (χ2n) is 3.12. The quantitative estimate of drug-likeness (QED) is 0.800. The topological polar surface area (TPSA) is 48.0 Å². The fourth-order valence-corrected chi connectivity index (χ4v) is 1.52. The summed E-state index contributed by atoms with van der Waals surface area (Å²) in [7, 11) is 0. The lowest BCUT2D eigenvalue weighted by molar-refractivity contribution is 0.995. The molecule has 0 aliphatic carbocycles. The molecule has 0 aliphatic rings. The third-order valence-corrected chi connectivity index (χ3v) is 2.30. The van der Waals surface area contributed by atoms with Crippen LogP contribution in [0.3, 0.4) is 0 Å². The number of hydrogen-bond acceptors (Lipinski definition) is 2. The molecular formula is C11H9ClN2O. The van der Waals surface area contributed by atoms with Crippen molar-refractivity contribution in [2.75, 3.05) is 5.73 Å². The lowest BCUT2D eigenvalue weighted by Crippen LogP contribution is -2.20. The van der Waals surface area contributed by atoms with Crippen LogP contribution in [0.4, 0.5) is 5.69 Å². The Morgan fingerprint density at radius 2 is 2.00 bits per heavy atom. The highest BCUT2D eigenvalue weighted by molar-refractivity contribution is 6.30. The largest absolute Gasteiger partial charge is 0.394 e. The van der Waals surface area contributed by atoms with Crippen molar-refractivity contribution in [3.63, 3.8) is 0 Å². The van der Waals surface area contributed by atoms with Crippen molar-refractivity contribution in [1.82, 2.24) is 4.57 Å². The minimum atomic E-state index is -0.236. The highest BCUT2D eigenvalue weighted by Crippen LogP contribution is 2.13. The SMILES string of the molecule is Nc1cccn(-c2cccc(Cl)c2)c1=O. The molecule has 76 valence electrons. The third-order valence-electron chi connectivity index (χ3n) is 2.06. The van der Waals surface area contributed by atoms with E-state index in [4.69, 9.17) is 17.3 Å². The van der Waals surface area contributed by atoms with E-state index in [1.54, 1.807) is 42.6 Å². The van der Waals surface area contributed by atoms with Crippen LogP contribution in [0, 0.1) is 0 Å². The van der Waals surface area contributed by atoms with Crippen LogP contribution >= 0.6 is 11.6 Å². The summed E-state index contributed by atoms with van der Waals surface area (Å²) in [6.07, 6.45) is 1.66. The number of anilines is 1. The molecule has 1 aromatic carbocycles. The lowest BCUT2D eigenvalue weighted by Gasteiger charge is -2.06. The van der Waals surface area contributed by atoms with E-state index in [1.165, 1.54) is 4.57 Å². The molecule has 0 bridgehead atoms. The first-order chi connectivity index (χ1) is 7.18. The molecule has 15 heavy (non-hydrogen) atoms. The van der Waals surface area contributed by atoms with Crippen LogP contribution < -0.4 is 11.3 Å². The van der Waals surface area contributed by atoms with Crippen molar-refractivity contribution in [1.29, 1.82) is 0 Å². The normalized spacial score (nSPS) is 10.2. The molecule has 0 aliphatic heterocycles. The molecule has 0 amide bonds. The molecule has 1 heterocycles. The minimum Gasteiger partial charge on any atom is -0.394 e. The van der Waals surface area contributed by atoms with E-state index >= 15 is 0 Å². The summed E-state index contributed by atoms with van der Waals surface area (Å²) >= 11 is 5.84. The van der Waals surface area contributed by atoms with Gasteiger partial charge in [0.1, 0.15) is 0 Å². The van der Waals surface area contributed by atoms with Crippen LogP contribution in [0.25, 0.3) is 5.69 Å². The van der Waals surface area contributed by atoms with Gasteiger partial charge in [0.15, 0.2) is 0 Å². The number of nitrogens with zero attached hydrogens (tertiary/aromatic N) is 1. The molecule has 0 spiro atoms. The fraction of sp³-hybridized carbons (Fsp3) is 0. The van der Waals surface area contributed by atoms with Gasteiger partial charge in [-0.3, -0.25) is 9.36 Å². The summed E-state index contributed by atoms with van der Waals surface area (Å²) < 4.78 is 1.46. The zero-order valence-electron chi connectivity index (χ0n) is 7.85. The van der Waals surface area contributed by atoms with E-state index < -0.39 is 0 Å². The number of rotatable bonds is 1. The van der Waals surface area contributed by atoms with Gasteiger partial charge in [0.2, 0.25) is 0 Å². The van der Waals surface area contributed by atoms with Crippen LogP contribution in [0.2, 0.25) is 5.02 Å². The zero-order valence-corrected chi connectivity index (χ0v) is 8.61. The number of aromatic nitrogens is 1. The van der Waals surface area contributed by atoms with Gasteiger partial charge >= 0.3 is 0 Å². The van der Waals surface area contributed by atoms with E-state index in [-0.39, 0.29) is 11.2 Å². The summed E-state index contributed by atoms with van der Waals surface area (Å²) in [5.41, 5.74) is 6.22. The molecular weight excluding hydrogens is 212 g/mol. The lowest BCUT2D eigenvalue weighted by atomic mass is 10.3. The van der Waals surface area contributed by atoms with E-state index in [2.05, 4.69) is 0 Å². The summed E-state index contributed by atoms with van der Waals surface area (Å²) in [6.45, 7) is 0. The molecule has 3 nitrogen and oxygen atoms in total. The van der Waals surface area contributed by atoms with Crippen LogP contribution in [-0.4, -0.2) is 4.57 Å². The first-order valence-electron chi connectivity index (χ1n) is 4.41. The molecule has 0 fully saturated rings. The standard InChI is InChI=1S/C11H9ClN2O/c12-8-3-1-4-9(7-8)14-6-2-5-10(13)11(14)15/h1-7H,13H2. The van der Waals surface area contributed by atoms with E-state index in [0.29, 0.717) is 10.7 Å². The summed E-state index contributed by atoms with van der Waals surface area (Å²) in [4.78, 5) is 11.7. The first kappa shape index (κ1) is 9.80. The second kappa shape index (κ2) is 3.79. The Kier molecular flexibility index (Phi) is 2.47. The monoisotopic (exact) mass is 220 g/mol. The Balaban J connectivity index is 2.65. The number of halogens is 1. The highest BCUT2D eigenvalue weighted by atomic mass is 35.5. The Labute approximate surface area is 91.7 Å². The number of benzene rings is 1. The minimum absolute atomic E-state index is 0.220. The van der Waals surface area contributed by atoms with Gasteiger partial charge in [-0.05, 0) is 30.3 Å². The molecule has 0 saturated heterocycles. The smallest absolute Gasteiger partial charge is 0.278 e. The van der Waals surface area contributed by atoms with Crippen molar-refractivity contribution in [2.45, 2.75) is 0 Å². The van der Waals surface area contributed by atoms with Gasteiger partial charge in [0, 0.05) is 11.2 Å². The number of nitrogen functional groups attached to an aromatic ring is 1. The molecule has 1 aromatic heterocycles. The molecule has 4 heteroatoms. The maximum Gasteiger partial charge on any atom is 0.278 e. The van der Waals surface area contributed by atoms with Crippen molar-refractivity contribution >= 4 is 17.3 Å². The summed E-state index contributed by atoms with van der Waals surface area (Å²) in [6, 6.07) is 10.3. The Morgan fingerprint density at radius 3 is 2.73 bits per heavy atom. The van der Waals surface area contributed by atoms with E-state index in [0.717, 1.165) is 0 Å². The van der Waals surface area contributed by atoms with Gasteiger partial charge in [-0.1, -0.05) is 17.7 Å². The van der Waals surface area contributed by atoms with Crippen LogP contribution in [-0.2, 0) is 0 Å². The van der Waals surface area contributed by atoms with Crippen LogP contribution in [0.15, 0.2) is 47.4 Å². The molecule has 2 rings (SSSR count). The summed E-state index contributed by atoms with van der Waals surface area (Å²) in [5.74, 6) is 0. The van der Waals surface area contributed by atoms with Gasteiger partial charge < -0.3 is 5.73 Å². The van der Waals surface area contributed by atoms with Crippen molar-refractivity contribution in [3.05, 3.63) is 58.0 Å². The third kappa shape index (κ3) is 1.87. The van der Waals surface area contributed by atoms with Gasteiger partial charge in [0.25, 0.3) is 5.56 Å². The first-order valence-corrected chi connectivity index (χ1v) is 4.79. The van der Waals surface area contributed by atoms with E-state index in [1.807, 2.05) is 0 Å². The molecule has 0 atom stereocenters. The fourth-order valence-electron chi connectivity index (χ4n) is 1.34. The zero-order chi connectivity index (χ0) is 10.8. The molecule has 0 saturated carbocycles. The highest BCUT2D eigenvalue weighted by Gasteiger charge is 2.01. The van der Waals surface area contributed by atoms with Crippen molar-refractivity contribution in [3.8, 4) is 5.69 Å². The Morgan fingerprint density at radius 1 is 1.20 bits per heavy atom. The summed E-state index contributed by atoms with van der Waals surface area (Å²) in [5, 5.41) is 0.585. The molecule has 2 aromatic rings. The average molecular weight is 221 g/mol. The predicted octanol–water partition coefficient (Wildman–Crippen LogP) is 2.07. The van der Waals surface area contributed by atoms with Crippen molar-refractivity contribution < 1.29 is 0 Å². The number of pyridine rings is 1. The van der Waals surface area contributed by atoms with Crippen LogP contribution in [0.5, 0.6) is 0 Å². The maximum absolute atomic E-state index is 11.7. The van der Waals surface area contributed by atoms with E-state index in [9.17, 15) is 4.79 Å². The maximum atomic E-state index is 11.7. The predicted molar refractivity (Wildman–Crippen MR) is 61.5 cm³/mol. The van der Waals surface area contributed by atoms with Gasteiger partial charge in [0.05, 0.1) is 11.4 Å². The number of nitrogens with two attached hydrogens (primary N) is 1.